The van der Waals surface area contributed by atoms with Crippen LogP contribution >= 0.6 is 0 Å². The summed E-state index contributed by atoms with van der Waals surface area (Å²) in [7, 11) is -3.65. The molecule has 0 saturated carbocycles. The summed E-state index contributed by atoms with van der Waals surface area (Å²) in [6.07, 6.45) is 1.82. The maximum atomic E-state index is 13.0. The van der Waals surface area contributed by atoms with Gasteiger partial charge >= 0.3 is 0 Å². The number of benzene rings is 2. The molecular formula is C25H32N2O4S. The third-order valence-corrected chi connectivity index (χ3v) is 7.86. The molecule has 0 aromatic heterocycles. The third-order valence-electron chi connectivity index (χ3n) is 5.95. The lowest BCUT2D eigenvalue weighted by Crippen LogP contribution is -2.43. The Kier molecular flexibility index (Phi) is 7.85. The van der Waals surface area contributed by atoms with Crippen LogP contribution in [-0.4, -0.2) is 37.5 Å². The summed E-state index contributed by atoms with van der Waals surface area (Å²) in [5.41, 5.74) is 1.57. The van der Waals surface area contributed by atoms with E-state index in [-0.39, 0.29) is 28.5 Å². The molecule has 32 heavy (non-hydrogen) atoms. The normalized spacial score (nSPS) is 16.6. The number of carbonyl (C=O) groups is 2. The van der Waals surface area contributed by atoms with E-state index in [0.29, 0.717) is 37.4 Å². The van der Waals surface area contributed by atoms with Gasteiger partial charge in [-0.15, -0.1) is 0 Å². The highest BCUT2D eigenvalue weighted by atomic mass is 32.2. The van der Waals surface area contributed by atoms with Crippen molar-refractivity contribution in [2.45, 2.75) is 51.0 Å². The van der Waals surface area contributed by atoms with E-state index in [1.807, 2.05) is 30.3 Å². The molecule has 3 rings (SSSR count). The Morgan fingerprint density at radius 1 is 1.00 bits per heavy atom. The number of nitrogens with one attached hydrogen (secondary N) is 1. The van der Waals surface area contributed by atoms with Crippen LogP contribution in [0.3, 0.4) is 0 Å². The molecule has 1 saturated heterocycles. The molecule has 172 valence electrons. The Labute approximate surface area is 191 Å². The average Bonchev–Trinajstić information content (AvgIpc) is 2.79. The molecular weight excluding hydrogens is 424 g/mol. The minimum Gasteiger partial charge on any atom is -0.349 e. The summed E-state index contributed by atoms with van der Waals surface area (Å²) in [5, 5.41) is 3.20. The highest BCUT2D eigenvalue weighted by Crippen LogP contribution is 2.27. The van der Waals surface area contributed by atoms with Crippen molar-refractivity contribution in [2.24, 2.45) is 11.8 Å². The lowest BCUT2D eigenvalue weighted by molar-refractivity contribution is -0.127. The molecule has 2 aromatic carbocycles. The van der Waals surface area contributed by atoms with Crippen LogP contribution in [0.15, 0.2) is 59.5 Å². The van der Waals surface area contributed by atoms with Gasteiger partial charge in [0.1, 0.15) is 0 Å². The van der Waals surface area contributed by atoms with Crippen molar-refractivity contribution in [3.05, 3.63) is 65.7 Å². The number of rotatable bonds is 8. The van der Waals surface area contributed by atoms with Crippen molar-refractivity contribution in [1.29, 1.82) is 0 Å². The standard InChI is InChI=1S/C25H32N2O4S/c1-18(2)17-24(21-7-5-4-6-8-21)26-25(29)22-13-15-27(16-14-22)32(30,31)23-11-9-20(10-12-23)19(3)28/h4-12,18,22,24H,13-17H2,1-3H3,(H,26,29). The molecule has 1 aliphatic rings. The smallest absolute Gasteiger partial charge is 0.243 e. The number of hydrogen-bond donors (Lipinski definition) is 1. The summed E-state index contributed by atoms with van der Waals surface area (Å²) in [6.45, 7) is 6.32. The van der Waals surface area contributed by atoms with Crippen molar-refractivity contribution < 1.29 is 18.0 Å². The Bertz CT molecular complexity index is 1030. The van der Waals surface area contributed by atoms with Crippen molar-refractivity contribution in [1.82, 2.24) is 9.62 Å². The summed E-state index contributed by atoms with van der Waals surface area (Å²) in [4.78, 5) is 24.6. The molecule has 0 spiro atoms. The van der Waals surface area contributed by atoms with Gasteiger partial charge in [0.25, 0.3) is 0 Å². The fraction of sp³-hybridized carbons (Fsp3) is 0.440. The number of hydrogen-bond acceptors (Lipinski definition) is 4. The number of nitrogens with zero attached hydrogens (tertiary/aromatic N) is 1. The number of ketones is 1. The number of sulfonamides is 1. The monoisotopic (exact) mass is 456 g/mol. The Morgan fingerprint density at radius 2 is 1.59 bits per heavy atom. The summed E-state index contributed by atoms with van der Waals surface area (Å²) < 4.78 is 27.4. The first kappa shape index (κ1) is 24.1. The molecule has 0 aliphatic carbocycles. The minimum absolute atomic E-state index is 0.0117. The number of Topliss-reactive ketones (excluding diaryl/α,β-unsaturated/α-hetero) is 1. The second-order valence-corrected chi connectivity index (χ2v) is 10.8. The lowest BCUT2D eigenvalue weighted by atomic mass is 9.93. The first-order chi connectivity index (χ1) is 15.2. The molecule has 1 aliphatic heterocycles. The largest absolute Gasteiger partial charge is 0.349 e. The van der Waals surface area contributed by atoms with Gasteiger partial charge in [0.2, 0.25) is 15.9 Å². The van der Waals surface area contributed by atoms with Gasteiger partial charge in [-0.1, -0.05) is 56.3 Å². The predicted molar refractivity (Wildman–Crippen MR) is 125 cm³/mol. The summed E-state index contributed by atoms with van der Waals surface area (Å²) in [5.74, 6) is 0.108. The van der Waals surface area contributed by atoms with Gasteiger partial charge in [-0.25, -0.2) is 8.42 Å². The van der Waals surface area contributed by atoms with E-state index in [2.05, 4.69) is 19.2 Å². The van der Waals surface area contributed by atoms with E-state index in [9.17, 15) is 18.0 Å². The number of amides is 1. The van der Waals surface area contributed by atoms with Gasteiger partial charge in [0.05, 0.1) is 10.9 Å². The van der Waals surface area contributed by atoms with Gasteiger partial charge in [0, 0.05) is 24.6 Å². The zero-order valence-electron chi connectivity index (χ0n) is 19.0. The highest BCUT2D eigenvalue weighted by Gasteiger charge is 2.33. The Hall–Kier alpha value is -2.51. The van der Waals surface area contributed by atoms with Crippen LogP contribution in [0, 0.1) is 11.8 Å². The van der Waals surface area contributed by atoms with Gasteiger partial charge < -0.3 is 5.32 Å². The average molecular weight is 457 g/mol. The zero-order valence-corrected chi connectivity index (χ0v) is 19.8. The van der Waals surface area contributed by atoms with Crippen LogP contribution in [0.1, 0.15) is 62.0 Å². The van der Waals surface area contributed by atoms with E-state index < -0.39 is 10.0 Å². The number of carbonyl (C=O) groups excluding carboxylic acids is 2. The molecule has 1 heterocycles. The van der Waals surface area contributed by atoms with Crippen LogP contribution in [-0.2, 0) is 14.8 Å². The molecule has 0 bridgehead atoms. The van der Waals surface area contributed by atoms with Crippen molar-refractivity contribution in [3.63, 3.8) is 0 Å². The lowest BCUT2D eigenvalue weighted by Gasteiger charge is -2.32. The first-order valence-corrected chi connectivity index (χ1v) is 12.6. The molecule has 0 radical (unpaired) electrons. The Balaban J connectivity index is 1.62. The molecule has 1 unspecified atom stereocenters. The van der Waals surface area contributed by atoms with Gasteiger partial charge in [-0.3, -0.25) is 9.59 Å². The first-order valence-electron chi connectivity index (χ1n) is 11.1. The van der Waals surface area contributed by atoms with E-state index in [1.165, 1.54) is 35.5 Å². The quantitative estimate of drug-likeness (QED) is 0.604. The topological polar surface area (TPSA) is 83.6 Å². The minimum atomic E-state index is -3.65. The fourth-order valence-electron chi connectivity index (χ4n) is 4.09. The van der Waals surface area contributed by atoms with E-state index >= 15 is 0 Å². The molecule has 1 atom stereocenters. The van der Waals surface area contributed by atoms with Gasteiger partial charge in [-0.2, -0.15) is 4.31 Å². The molecule has 6 nitrogen and oxygen atoms in total. The van der Waals surface area contributed by atoms with E-state index in [1.54, 1.807) is 0 Å². The van der Waals surface area contributed by atoms with Crippen molar-refractivity contribution in [3.8, 4) is 0 Å². The fourth-order valence-corrected chi connectivity index (χ4v) is 5.56. The predicted octanol–water partition coefficient (Wildman–Crippen LogP) is 4.19. The summed E-state index contributed by atoms with van der Waals surface area (Å²) >= 11 is 0. The molecule has 1 fully saturated rings. The molecule has 2 aromatic rings. The van der Waals surface area contributed by atoms with Crippen LogP contribution in [0.2, 0.25) is 0 Å². The van der Waals surface area contributed by atoms with Crippen LogP contribution in [0.5, 0.6) is 0 Å². The van der Waals surface area contributed by atoms with Crippen molar-refractivity contribution in [2.75, 3.05) is 13.1 Å². The maximum Gasteiger partial charge on any atom is 0.243 e. The second-order valence-electron chi connectivity index (χ2n) is 8.86. The van der Waals surface area contributed by atoms with Crippen LogP contribution < -0.4 is 5.32 Å². The SMILES string of the molecule is CC(=O)c1ccc(S(=O)(=O)N2CCC(C(=O)NC(CC(C)C)c3ccccc3)CC2)cc1. The maximum absolute atomic E-state index is 13.0. The van der Waals surface area contributed by atoms with Gasteiger partial charge in [0.15, 0.2) is 5.78 Å². The molecule has 7 heteroatoms. The molecule has 1 N–H and O–H groups in total. The zero-order chi connectivity index (χ0) is 23.3. The number of piperidine rings is 1. The second kappa shape index (κ2) is 10.4. The van der Waals surface area contributed by atoms with E-state index in [0.717, 1.165) is 12.0 Å². The van der Waals surface area contributed by atoms with E-state index in [4.69, 9.17) is 0 Å². The summed E-state index contributed by atoms with van der Waals surface area (Å²) in [6, 6.07) is 15.9. The Morgan fingerprint density at radius 3 is 2.12 bits per heavy atom. The highest BCUT2D eigenvalue weighted by molar-refractivity contribution is 7.89. The van der Waals surface area contributed by atoms with Crippen LogP contribution in [0.25, 0.3) is 0 Å². The van der Waals surface area contributed by atoms with Crippen molar-refractivity contribution >= 4 is 21.7 Å². The van der Waals surface area contributed by atoms with Gasteiger partial charge in [-0.05, 0) is 49.8 Å². The molecule has 1 amide bonds. The van der Waals surface area contributed by atoms with Crippen LogP contribution in [0.4, 0.5) is 0 Å². The third kappa shape index (κ3) is 5.84.